The molecule has 0 radical (unpaired) electrons. The minimum Gasteiger partial charge on any atom is -0.481 e. The quantitative estimate of drug-likeness (QED) is 0.813. The highest BCUT2D eigenvalue weighted by atomic mass is 32.2. The largest absolute Gasteiger partial charge is 0.481 e. The van der Waals surface area contributed by atoms with Crippen LogP contribution in [0.5, 0.6) is 0 Å². The summed E-state index contributed by atoms with van der Waals surface area (Å²) in [6, 6.07) is 0. The predicted octanol–water partition coefficient (Wildman–Crippen LogP) is 1.45. The van der Waals surface area contributed by atoms with Crippen molar-refractivity contribution in [2.45, 2.75) is 31.4 Å². The Bertz CT molecular complexity index is 321. The Kier molecular flexibility index (Phi) is 3.97. The lowest BCUT2D eigenvalue weighted by Crippen LogP contribution is -2.43. The van der Waals surface area contributed by atoms with Gasteiger partial charge in [-0.15, -0.1) is 0 Å². The Morgan fingerprint density at radius 2 is 2.00 bits per heavy atom. The van der Waals surface area contributed by atoms with E-state index in [1.807, 2.05) is 16.7 Å². The molecule has 0 aromatic rings. The zero-order valence-corrected chi connectivity index (χ0v) is 10.9. The summed E-state index contributed by atoms with van der Waals surface area (Å²) in [5, 5.41) is 9.44. The van der Waals surface area contributed by atoms with Crippen LogP contribution in [0.15, 0.2) is 0 Å². The third kappa shape index (κ3) is 2.94. The first-order valence-electron chi connectivity index (χ1n) is 6.21. The third-order valence-corrected chi connectivity index (χ3v) is 4.82. The molecule has 0 aromatic carbocycles. The zero-order valence-electron chi connectivity index (χ0n) is 10.1. The number of hydrogen-bond acceptors (Lipinski definition) is 3. The molecule has 1 saturated carbocycles. The van der Waals surface area contributed by atoms with Crippen molar-refractivity contribution in [2.24, 2.45) is 11.8 Å². The van der Waals surface area contributed by atoms with Crippen LogP contribution in [0.3, 0.4) is 0 Å². The standard InChI is InChI=1S/C12H19NO3S/c1-8-7-13(4-5-17-8)11(14)9-2-3-10(6-9)12(15)16/h8-10H,2-7H2,1H3,(H,15,16)/t8?,9-,10+/m1/s1. The molecule has 17 heavy (non-hydrogen) atoms. The Balaban J connectivity index is 1.90. The molecule has 1 aliphatic heterocycles. The number of nitrogens with zero attached hydrogens (tertiary/aromatic N) is 1. The monoisotopic (exact) mass is 257 g/mol. The molecule has 1 unspecified atom stereocenters. The lowest BCUT2D eigenvalue weighted by Gasteiger charge is -2.32. The van der Waals surface area contributed by atoms with E-state index in [-0.39, 0.29) is 17.7 Å². The van der Waals surface area contributed by atoms with Gasteiger partial charge in [-0.05, 0) is 19.3 Å². The molecule has 2 aliphatic rings. The predicted molar refractivity (Wildman–Crippen MR) is 67.0 cm³/mol. The average molecular weight is 257 g/mol. The van der Waals surface area contributed by atoms with Crippen molar-refractivity contribution in [3.8, 4) is 0 Å². The molecule has 1 saturated heterocycles. The van der Waals surface area contributed by atoms with Gasteiger partial charge in [-0.25, -0.2) is 0 Å². The maximum atomic E-state index is 12.2. The number of carboxylic acids is 1. The van der Waals surface area contributed by atoms with Gasteiger partial charge in [0.15, 0.2) is 0 Å². The van der Waals surface area contributed by atoms with E-state index in [4.69, 9.17) is 5.11 Å². The second-order valence-electron chi connectivity index (χ2n) is 5.01. The smallest absolute Gasteiger partial charge is 0.306 e. The molecule has 1 amide bonds. The van der Waals surface area contributed by atoms with Crippen LogP contribution in [0, 0.1) is 11.8 Å². The summed E-state index contributed by atoms with van der Waals surface area (Å²) in [5.74, 6) is 0.0813. The zero-order chi connectivity index (χ0) is 12.4. The molecule has 0 aromatic heterocycles. The molecule has 1 aliphatic carbocycles. The molecule has 5 heteroatoms. The number of aliphatic carboxylic acids is 1. The van der Waals surface area contributed by atoms with Crippen molar-refractivity contribution in [1.29, 1.82) is 0 Å². The van der Waals surface area contributed by atoms with Crippen LogP contribution in [-0.2, 0) is 9.59 Å². The van der Waals surface area contributed by atoms with Crippen molar-refractivity contribution in [3.63, 3.8) is 0 Å². The van der Waals surface area contributed by atoms with Gasteiger partial charge in [0.2, 0.25) is 5.91 Å². The molecule has 2 rings (SSSR count). The van der Waals surface area contributed by atoms with Crippen molar-refractivity contribution in [2.75, 3.05) is 18.8 Å². The first-order chi connectivity index (χ1) is 8.08. The third-order valence-electron chi connectivity index (χ3n) is 3.68. The van der Waals surface area contributed by atoms with Crippen LogP contribution >= 0.6 is 11.8 Å². The summed E-state index contributed by atoms with van der Waals surface area (Å²) in [7, 11) is 0. The Labute approximate surface area is 106 Å². The normalized spacial score (nSPS) is 33.7. The van der Waals surface area contributed by atoms with E-state index in [2.05, 4.69) is 6.92 Å². The number of carboxylic acid groups (broad SMARTS) is 1. The van der Waals surface area contributed by atoms with E-state index >= 15 is 0 Å². The van der Waals surface area contributed by atoms with Gasteiger partial charge in [0.05, 0.1) is 5.92 Å². The SMILES string of the molecule is CC1CN(C(=O)[C@@H]2CC[C@H](C(=O)O)C2)CCS1. The Morgan fingerprint density at radius 1 is 1.29 bits per heavy atom. The number of amides is 1. The fourth-order valence-electron chi connectivity index (χ4n) is 2.71. The molecule has 2 fully saturated rings. The second kappa shape index (κ2) is 5.29. The second-order valence-corrected chi connectivity index (χ2v) is 6.56. The Morgan fingerprint density at radius 3 is 2.59 bits per heavy atom. The fraction of sp³-hybridized carbons (Fsp3) is 0.833. The summed E-state index contributed by atoms with van der Waals surface area (Å²) in [6.45, 7) is 3.78. The molecule has 4 nitrogen and oxygen atoms in total. The van der Waals surface area contributed by atoms with Crippen molar-refractivity contribution in [3.05, 3.63) is 0 Å². The molecular formula is C12H19NO3S. The molecule has 96 valence electrons. The lowest BCUT2D eigenvalue weighted by atomic mass is 10.0. The summed E-state index contributed by atoms with van der Waals surface area (Å²) < 4.78 is 0. The van der Waals surface area contributed by atoms with Gasteiger partial charge in [0, 0.05) is 30.0 Å². The number of thioether (sulfide) groups is 1. The summed E-state index contributed by atoms with van der Waals surface area (Å²) in [6.07, 6.45) is 1.93. The maximum absolute atomic E-state index is 12.2. The maximum Gasteiger partial charge on any atom is 0.306 e. The van der Waals surface area contributed by atoms with Crippen molar-refractivity contribution in [1.82, 2.24) is 4.90 Å². The number of rotatable bonds is 2. The van der Waals surface area contributed by atoms with Crippen LogP contribution in [0.2, 0.25) is 0 Å². The van der Waals surface area contributed by atoms with Crippen LogP contribution in [-0.4, -0.2) is 46.0 Å². The van der Waals surface area contributed by atoms with Gasteiger partial charge in [0.25, 0.3) is 0 Å². The minimum absolute atomic E-state index is 0.0496. The highest BCUT2D eigenvalue weighted by molar-refractivity contribution is 7.99. The molecule has 3 atom stereocenters. The van der Waals surface area contributed by atoms with E-state index in [1.165, 1.54) is 0 Å². The van der Waals surface area contributed by atoms with E-state index in [0.29, 0.717) is 18.1 Å². The van der Waals surface area contributed by atoms with Crippen molar-refractivity contribution < 1.29 is 14.7 Å². The number of hydrogen-bond donors (Lipinski definition) is 1. The van der Waals surface area contributed by atoms with Gasteiger partial charge >= 0.3 is 5.97 Å². The van der Waals surface area contributed by atoms with Crippen LogP contribution in [0.1, 0.15) is 26.2 Å². The average Bonchev–Trinajstić information content (AvgIpc) is 2.77. The highest BCUT2D eigenvalue weighted by Gasteiger charge is 2.36. The highest BCUT2D eigenvalue weighted by Crippen LogP contribution is 2.33. The van der Waals surface area contributed by atoms with E-state index in [1.54, 1.807) is 0 Å². The van der Waals surface area contributed by atoms with Crippen molar-refractivity contribution >= 4 is 23.6 Å². The van der Waals surface area contributed by atoms with Gasteiger partial charge < -0.3 is 10.0 Å². The van der Waals surface area contributed by atoms with E-state index in [0.717, 1.165) is 25.3 Å². The topological polar surface area (TPSA) is 57.6 Å². The summed E-state index contributed by atoms with van der Waals surface area (Å²) in [5.41, 5.74) is 0. The molecule has 0 spiro atoms. The van der Waals surface area contributed by atoms with Gasteiger partial charge in [0.1, 0.15) is 0 Å². The van der Waals surface area contributed by atoms with Crippen LogP contribution < -0.4 is 0 Å². The van der Waals surface area contributed by atoms with Gasteiger partial charge in [-0.3, -0.25) is 9.59 Å². The Hall–Kier alpha value is -0.710. The van der Waals surface area contributed by atoms with Crippen LogP contribution in [0.4, 0.5) is 0 Å². The first kappa shape index (κ1) is 12.7. The molecule has 1 heterocycles. The summed E-state index contributed by atoms with van der Waals surface area (Å²) >= 11 is 1.90. The van der Waals surface area contributed by atoms with Gasteiger partial charge in [-0.1, -0.05) is 6.92 Å². The van der Waals surface area contributed by atoms with E-state index in [9.17, 15) is 9.59 Å². The fourth-order valence-corrected chi connectivity index (χ4v) is 3.72. The molecule has 1 N–H and O–H groups in total. The number of carbonyl (C=O) groups excluding carboxylic acids is 1. The van der Waals surface area contributed by atoms with E-state index < -0.39 is 5.97 Å². The molecular weight excluding hydrogens is 238 g/mol. The molecule has 0 bridgehead atoms. The lowest BCUT2D eigenvalue weighted by molar-refractivity contribution is -0.141. The first-order valence-corrected chi connectivity index (χ1v) is 7.26. The number of carbonyl (C=O) groups is 2. The summed E-state index contributed by atoms with van der Waals surface area (Å²) in [4.78, 5) is 25.0. The van der Waals surface area contributed by atoms with Gasteiger partial charge in [-0.2, -0.15) is 11.8 Å². The minimum atomic E-state index is -0.747. The van der Waals surface area contributed by atoms with Crippen LogP contribution in [0.25, 0.3) is 0 Å².